The number of nitrogens with one attached hydrogen (secondary N) is 1. The number of carbonyl (C=O) groups excluding carboxylic acids is 1. The molecule has 0 spiro atoms. The van der Waals surface area contributed by atoms with E-state index in [0.717, 1.165) is 0 Å². The predicted molar refractivity (Wildman–Crippen MR) is 37.3 cm³/mol. The fourth-order valence-corrected chi connectivity index (χ4v) is 0.411. The molecule has 0 aliphatic rings. The van der Waals surface area contributed by atoms with Gasteiger partial charge in [0.2, 0.25) is 0 Å². The highest BCUT2D eigenvalue weighted by Crippen LogP contribution is 1.83. The third-order valence-electron chi connectivity index (χ3n) is 0.980. The van der Waals surface area contributed by atoms with Crippen LogP contribution in [0.1, 0.15) is 13.8 Å². The van der Waals surface area contributed by atoms with Crippen LogP contribution in [0.2, 0.25) is 0 Å². The van der Waals surface area contributed by atoms with Gasteiger partial charge in [-0.1, -0.05) is 0 Å². The largest absolute Gasteiger partial charge is 0.480 e. The Kier molecular flexibility index (Phi) is 4.02. The fourth-order valence-electron chi connectivity index (χ4n) is 0.411. The molecule has 11 heavy (non-hydrogen) atoms. The second-order valence-corrected chi connectivity index (χ2v) is 1.92. The molecule has 0 aliphatic heterocycles. The molecule has 0 bridgehead atoms. The second-order valence-electron chi connectivity index (χ2n) is 1.92. The first-order chi connectivity index (χ1) is 5.07. The van der Waals surface area contributed by atoms with Crippen LogP contribution >= 0.6 is 0 Å². The van der Waals surface area contributed by atoms with Crippen LogP contribution in [0, 0.1) is 0 Å². The van der Waals surface area contributed by atoms with Gasteiger partial charge in [0.05, 0.1) is 6.61 Å². The molecule has 0 rings (SSSR count). The van der Waals surface area contributed by atoms with Gasteiger partial charge in [-0.15, -0.1) is 0 Å². The molecule has 0 unspecified atom stereocenters. The average molecular weight is 161 g/mol. The van der Waals surface area contributed by atoms with Crippen LogP contribution in [0.4, 0.5) is 4.79 Å². The van der Waals surface area contributed by atoms with Gasteiger partial charge >= 0.3 is 12.1 Å². The van der Waals surface area contributed by atoms with Crippen molar-refractivity contribution in [2.45, 2.75) is 19.9 Å². The zero-order chi connectivity index (χ0) is 8.85. The summed E-state index contributed by atoms with van der Waals surface area (Å²) in [5, 5.41) is 10.4. The minimum atomic E-state index is -1.09. The summed E-state index contributed by atoms with van der Waals surface area (Å²) in [5.41, 5.74) is 0. The van der Waals surface area contributed by atoms with E-state index in [9.17, 15) is 9.59 Å². The van der Waals surface area contributed by atoms with Crippen molar-refractivity contribution in [2.24, 2.45) is 0 Å². The zero-order valence-electron chi connectivity index (χ0n) is 6.46. The number of hydrogen-bond donors (Lipinski definition) is 2. The molecule has 64 valence electrons. The summed E-state index contributed by atoms with van der Waals surface area (Å²) < 4.78 is 4.45. The quantitative estimate of drug-likeness (QED) is 0.620. The van der Waals surface area contributed by atoms with Gasteiger partial charge in [0, 0.05) is 0 Å². The fraction of sp³-hybridized carbons (Fsp3) is 0.667. The number of rotatable bonds is 3. The number of amides is 1. The number of carboxylic acid groups (broad SMARTS) is 1. The summed E-state index contributed by atoms with van der Waals surface area (Å²) in [4.78, 5) is 20.7. The van der Waals surface area contributed by atoms with Crippen LogP contribution in [0.25, 0.3) is 0 Å². The summed E-state index contributed by atoms with van der Waals surface area (Å²) in [6.45, 7) is 3.24. The van der Waals surface area contributed by atoms with E-state index in [-0.39, 0.29) is 6.61 Å². The second kappa shape index (κ2) is 4.54. The Balaban J connectivity index is 3.66. The van der Waals surface area contributed by atoms with Crippen molar-refractivity contribution in [1.82, 2.24) is 5.32 Å². The van der Waals surface area contributed by atoms with Crippen LogP contribution in [-0.2, 0) is 9.53 Å². The van der Waals surface area contributed by atoms with Gasteiger partial charge in [-0.25, -0.2) is 4.79 Å². The van der Waals surface area contributed by atoms with Gasteiger partial charge in [-0.2, -0.15) is 0 Å². The number of hydrogen-bond acceptors (Lipinski definition) is 3. The van der Waals surface area contributed by atoms with Crippen LogP contribution in [-0.4, -0.2) is 29.8 Å². The maximum Gasteiger partial charge on any atom is 0.407 e. The smallest absolute Gasteiger partial charge is 0.407 e. The number of aliphatic carboxylic acids is 1. The minimum Gasteiger partial charge on any atom is -0.480 e. The molecule has 2 N–H and O–H groups in total. The van der Waals surface area contributed by atoms with E-state index in [1.54, 1.807) is 6.92 Å². The Morgan fingerprint density at radius 1 is 1.64 bits per heavy atom. The molecule has 0 aromatic heterocycles. The molecule has 1 atom stereocenters. The van der Waals surface area contributed by atoms with E-state index >= 15 is 0 Å². The molecule has 0 aromatic carbocycles. The normalized spacial score (nSPS) is 11.8. The van der Waals surface area contributed by atoms with Crippen molar-refractivity contribution in [3.05, 3.63) is 0 Å². The van der Waals surface area contributed by atoms with Crippen molar-refractivity contribution in [1.29, 1.82) is 0 Å². The lowest BCUT2D eigenvalue weighted by molar-refractivity contribution is -0.138. The highest BCUT2D eigenvalue weighted by Gasteiger charge is 2.13. The summed E-state index contributed by atoms with van der Waals surface area (Å²) in [6.07, 6.45) is -0.706. The van der Waals surface area contributed by atoms with Crippen molar-refractivity contribution in [2.75, 3.05) is 6.61 Å². The van der Waals surface area contributed by atoms with Gasteiger partial charge in [0.15, 0.2) is 0 Å². The Labute approximate surface area is 64.3 Å². The van der Waals surface area contributed by atoms with E-state index < -0.39 is 18.1 Å². The van der Waals surface area contributed by atoms with Crippen LogP contribution in [0.3, 0.4) is 0 Å². The molecule has 5 nitrogen and oxygen atoms in total. The van der Waals surface area contributed by atoms with Crippen molar-refractivity contribution >= 4 is 12.1 Å². The first-order valence-corrected chi connectivity index (χ1v) is 3.24. The SMILES string of the molecule is CCOC(=O)N[C@H](C)C(=O)O. The topological polar surface area (TPSA) is 75.6 Å². The third kappa shape index (κ3) is 4.19. The zero-order valence-corrected chi connectivity index (χ0v) is 6.46. The van der Waals surface area contributed by atoms with E-state index in [4.69, 9.17) is 5.11 Å². The molecule has 0 saturated heterocycles. The van der Waals surface area contributed by atoms with E-state index in [0.29, 0.717) is 0 Å². The average Bonchev–Trinajstić information content (AvgIpc) is 1.87. The lowest BCUT2D eigenvalue weighted by atomic mass is 10.4. The molecule has 5 heteroatoms. The summed E-state index contributed by atoms with van der Waals surface area (Å²) in [5.74, 6) is -1.09. The van der Waals surface area contributed by atoms with Gasteiger partial charge in [-0.05, 0) is 13.8 Å². The molecular weight excluding hydrogens is 150 g/mol. The van der Waals surface area contributed by atoms with Gasteiger partial charge < -0.3 is 15.2 Å². The molecular formula is C6H11NO4. The Morgan fingerprint density at radius 2 is 2.18 bits per heavy atom. The third-order valence-corrected chi connectivity index (χ3v) is 0.980. The molecule has 0 aromatic rings. The molecule has 0 aliphatic carbocycles. The van der Waals surface area contributed by atoms with Crippen molar-refractivity contribution in [3.8, 4) is 0 Å². The predicted octanol–water partition coefficient (Wildman–Crippen LogP) is 0.206. The molecule has 0 saturated carbocycles. The Morgan fingerprint density at radius 3 is 2.55 bits per heavy atom. The standard InChI is InChI=1S/C6H11NO4/c1-3-11-6(10)7-4(2)5(8)9/h4H,3H2,1-2H3,(H,7,10)(H,8,9)/t4-/m1/s1. The molecule has 0 radical (unpaired) electrons. The van der Waals surface area contributed by atoms with Crippen LogP contribution in [0.5, 0.6) is 0 Å². The Bertz CT molecular complexity index is 157. The van der Waals surface area contributed by atoms with Crippen LogP contribution in [0.15, 0.2) is 0 Å². The number of carbonyl (C=O) groups is 2. The monoisotopic (exact) mass is 161 g/mol. The Hall–Kier alpha value is -1.26. The van der Waals surface area contributed by atoms with E-state index in [1.807, 2.05) is 0 Å². The highest BCUT2D eigenvalue weighted by molar-refractivity contribution is 5.79. The molecule has 0 heterocycles. The van der Waals surface area contributed by atoms with Crippen LogP contribution < -0.4 is 5.32 Å². The lowest BCUT2D eigenvalue weighted by Gasteiger charge is -2.07. The van der Waals surface area contributed by atoms with E-state index in [2.05, 4.69) is 10.1 Å². The minimum absolute atomic E-state index is 0.234. The number of alkyl carbamates (subject to hydrolysis) is 1. The lowest BCUT2D eigenvalue weighted by Crippen LogP contribution is -2.38. The maximum atomic E-state index is 10.6. The maximum absolute atomic E-state index is 10.6. The van der Waals surface area contributed by atoms with Crippen molar-refractivity contribution < 1.29 is 19.4 Å². The van der Waals surface area contributed by atoms with E-state index in [1.165, 1.54) is 6.92 Å². The summed E-state index contributed by atoms with van der Waals surface area (Å²) in [7, 11) is 0. The molecule has 1 amide bonds. The van der Waals surface area contributed by atoms with Gasteiger partial charge in [-0.3, -0.25) is 4.79 Å². The first kappa shape index (κ1) is 9.74. The van der Waals surface area contributed by atoms with Crippen molar-refractivity contribution in [3.63, 3.8) is 0 Å². The van der Waals surface area contributed by atoms with Gasteiger partial charge in [0.25, 0.3) is 0 Å². The highest BCUT2D eigenvalue weighted by atomic mass is 16.5. The summed E-state index contributed by atoms with van der Waals surface area (Å²) in [6, 6.07) is -0.908. The first-order valence-electron chi connectivity index (χ1n) is 3.24. The summed E-state index contributed by atoms with van der Waals surface area (Å²) >= 11 is 0. The number of ether oxygens (including phenoxy) is 1. The molecule has 0 fully saturated rings. The number of carboxylic acids is 1. The van der Waals surface area contributed by atoms with Gasteiger partial charge in [0.1, 0.15) is 6.04 Å².